The van der Waals surface area contributed by atoms with Gasteiger partial charge in [0.15, 0.2) is 0 Å². The molecule has 12 heavy (non-hydrogen) atoms. The van der Waals surface area contributed by atoms with Crippen LogP contribution in [0, 0.1) is 17.8 Å². The molecule has 1 saturated carbocycles. The minimum atomic E-state index is 0.723. The van der Waals surface area contributed by atoms with E-state index >= 15 is 0 Å². The predicted octanol–water partition coefficient (Wildman–Crippen LogP) is 3.74. The molecule has 1 rings (SSSR count). The summed E-state index contributed by atoms with van der Waals surface area (Å²) in [5, 5.41) is 0. The fourth-order valence-electron chi connectivity index (χ4n) is 1.80. The minimum Gasteiger partial charge on any atom is -0.107 e. The van der Waals surface area contributed by atoms with E-state index in [0.29, 0.717) is 0 Å². The van der Waals surface area contributed by atoms with Gasteiger partial charge in [0.25, 0.3) is 0 Å². The number of rotatable bonds is 1. The summed E-state index contributed by atoms with van der Waals surface area (Å²) in [6, 6.07) is 0. The molecule has 0 aromatic heterocycles. The molecule has 0 heterocycles. The molecule has 0 spiro atoms. The van der Waals surface area contributed by atoms with Crippen molar-refractivity contribution in [1.29, 1.82) is 0 Å². The van der Waals surface area contributed by atoms with Gasteiger partial charge in [0.05, 0.1) is 0 Å². The number of hydrogen-bond donors (Lipinski definition) is 0. The molecular formula is C11H17Br. The van der Waals surface area contributed by atoms with Gasteiger partial charge in [0.2, 0.25) is 0 Å². The fraction of sp³-hybridized carbons (Fsp3) is 0.818. The van der Waals surface area contributed by atoms with E-state index in [9.17, 15) is 0 Å². The Morgan fingerprint density at radius 3 is 2.75 bits per heavy atom. The maximum atomic E-state index is 3.77. The second-order valence-electron chi connectivity index (χ2n) is 3.54. The van der Waals surface area contributed by atoms with Crippen molar-refractivity contribution in [2.75, 3.05) is 0 Å². The summed E-state index contributed by atoms with van der Waals surface area (Å²) >= 11 is 3.77. The van der Waals surface area contributed by atoms with Crippen molar-refractivity contribution in [3.8, 4) is 11.8 Å². The number of halogens is 1. The molecular weight excluding hydrogens is 212 g/mol. The van der Waals surface area contributed by atoms with Gasteiger partial charge in [-0.25, -0.2) is 0 Å². The first-order valence-electron chi connectivity index (χ1n) is 4.88. The largest absolute Gasteiger partial charge is 0.107 e. The molecule has 0 saturated heterocycles. The highest BCUT2D eigenvalue weighted by Crippen LogP contribution is 2.30. The molecule has 0 bridgehead atoms. The standard InChI is InChI=1S/C11H17Br/c1-2-3-7-10-8-5-4-6-9-11(10)12/h10-11H,4-9H2,1H3. The zero-order valence-electron chi connectivity index (χ0n) is 7.78. The monoisotopic (exact) mass is 228 g/mol. The van der Waals surface area contributed by atoms with E-state index in [2.05, 4.69) is 27.8 Å². The Bertz CT molecular complexity index is 175. The molecule has 1 heteroatoms. The van der Waals surface area contributed by atoms with Crippen LogP contribution >= 0.6 is 15.9 Å². The second-order valence-corrected chi connectivity index (χ2v) is 4.72. The Labute approximate surface area is 84.2 Å². The van der Waals surface area contributed by atoms with Gasteiger partial charge in [-0.05, 0) is 25.7 Å². The van der Waals surface area contributed by atoms with Gasteiger partial charge in [0, 0.05) is 11.2 Å². The van der Waals surface area contributed by atoms with E-state index in [1.807, 2.05) is 6.92 Å². The molecule has 0 amide bonds. The van der Waals surface area contributed by atoms with Gasteiger partial charge >= 0.3 is 0 Å². The maximum absolute atomic E-state index is 3.77. The number of alkyl halides is 1. The highest BCUT2D eigenvalue weighted by Gasteiger charge is 2.19. The van der Waals surface area contributed by atoms with Gasteiger partial charge in [-0.15, -0.1) is 11.8 Å². The van der Waals surface area contributed by atoms with Crippen LogP contribution in [0.15, 0.2) is 0 Å². The SMILES string of the molecule is CC#CCC1CCCCCC1Br. The van der Waals surface area contributed by atoms with Crippen LogP contribution in [-0.4, -0.2) is 4.83 Å². The van der Waals surface area contributed by atoms with E-state index in [1.165, 1.54) is 32.1 Å². The molecule has 68 valence electrons. The fourth-order valence-corrected chi connectivity index (χ4v) is 2.58. The molecule has 0 N–H and O–H groups in total. The predicted molar refractivity (Wildman–Crippen MR) is 57.4 cm³/mol. The molecule has 1 aliphatic carbocycles. The average Bonchev–Trinajstić information content (AvgIpc) is 2.27. The molecule has 0 aromatic carbocycles. The Kier molecular flexibility index (Phi) is 4.76. The van der Waals surface area contributed by atoms with Crippen LogP contribution in [0.5, 0.6) is 0 Å². The maximum Gasteiger partial charge on any atom is 0.0183 e. The Balaban J connectivity index is 2.39. The first-order chi connectivity index (χ1) is 5.84. The van der Waals surface area contributed by atoms with Crippen LogP contribution < -0.4 is 0 Å². The van der Waals surface area contributed by atoms with Crippen LogP contribution in [0.2, 0.25) is 0 Å². The molecule has 1 fully saturated rings. The lowest BCUT2D eigenvalue weighted by molar-refractivity contribution is 0.490. The Hall–Kier alpha value is 0.0400. The molecule has 1 aliphatic rings. The highest BCUT2D eigenvalue weighted by atomic mass is 79.9. The zero-order valence-corrected chi connectivity index (χ0v) is 9.36. The van der Waals surface area contributed by atoms with Crippen LogP contribution in [0.1, 0.15) is 45.4 Å². The van der Waals surface area contributed by atoms with Gasteiger partial charge in [-0.2, -0.15) is 0 Å². The summed E-state index contributed by atoms with van der Waals surface area (Å²) in [6.45, 7) is 1.93. The first kappa shape index (κ1) is 10.1. The van der Waals surface area contributed by atoms with Gasteiger partial charge in [-0.3, -0.25) is 0 Å². The smallest absolute Gasteiger partial charge is 0.0183 e. The lowest BCUT2D eigenvalue weighted by atomic mass is 9.97. The van der Waals surface area contributed by atoms with E-state index in [-0.39, 0.29) is 0 Å². The van der Waals surface area contributed by atoms with Crippen molar-refractivity contribution in [2.24, 2.45) is 5.92 Å². The van der Waals surface area contributed by atoms with E-state index in [1.54, 1.807) is 0 Å². The third-order valence-corrected chi connectivity index (χ3v) is 3.81. The summed E-state index contributed by atoms with van der Waals surface area (Å²) in [6.07, 6.45) is 8.01. The normalized spacial score (nSPS) is 30.2. The van der Waals surface area contributed by atoms with Crippen molar-refractivity contribution < 1.29 is 0 Å². The summed E-state index contributed by atoms with van der Waals surface area (Å²) in [7, 11) is 0. The summed E-state index contributed by atoms with van der Waals surface area (Å²) < 4.78 is 0. The summed E-state index contributed by atoms with van der Waals surface area (Å²) in [5.41, 5.74) is 0. The van der Waals surface area contributed by atoms with E-state index in [0.717, 1.165) is 17.2 Å². The van der Waals surface area contributed by atoms with Crippen molar-refractivity contribution in [3.05, 3.63) is 0 Å². The number of hydrogen-bond acceptors (Lipinski definition) is 0. The first-order valence-corrected chi connectivity index (χ1v) is 5.80. The van der Waals surface area contributed by atoms with Crippen molar-refractivity contribution in [2.45, 2.75) is 50.3 Å². The third-order valence-electron chi connectivity index (χ3n) is 2.61. The lowest BCUT2D eigenvalue weighted by Gasteiger charge is -2.16. The molecule has 2 atom stereocenters. The van der Waals surface area contributed by atoms with Crippen LogP contribution in [-0.2, 0) is 0 Å². The van der Waals surface area contributed by atoms with Gasteiger partial charge < -0.3 is 0 Å². The van der Waals surface area contributed by atoms with Gasteiger partial charge in [0.1, 0.15) is 0 Å². The van der Waals surface area contributed by atoms with Gasteiger partial charge in [-0.1, -0.05) is 35.2 Å². The quantitative estimate of drug-likeness (QED) is 0.365. The van der Waals surface area contributed by atoms with Crippen molar-refractivity contribution in [1.82, 2.24) is 0 Å². The second kappa shape index (κ2) is 5.65. The van der Waals surface area contributed by atoms with Crippen LogP contribution in [0.25, 0.3) is 0 Å². The summed E-state index contributed by atoms with van der Waals surface area (Å²) in [4.78, 5) is 0.723. The summed E-state index contributed by atoms with van der Waals surface area (Å²) in [5.74, 6) is 6.99. The molecule has 0 aromatic rings. The van der Waals surface area contributed by atoms with Crippen molar-refractivity contribution >= 4 is 15.9 Å². The minimum absolute atomic E-state index is 0.723. The van der Waals surface area contributed by atoms with Crippen LogP contribution in [0.4, 0.5) is 0 Å². The highest BCUT2D eigenvalue weighted by molar-refractivity contribution is 9.09. The molecule has 0 radical (unpaired) electrons. The lowest BCUT2D eigenvalue weighted by Crippen LogP contribution is -2.11. The zero-order chi connectivity index (χ0) is 8.81. The van der Waals surface area contributed by atoms with E-state index in [4.69, 9.17) is 0 Å². The average molecular weight is 229 g/mol. The Morgan fingerprint density at radius 2 is 2.00 bits per heavy atom. The molecule has 2 unspecified atom stereocenters. The third kappa shape index (κ3) is 3.19. The van der Waals surface area contributed by atoms with Crippen LogP contribution in [0.3, 0.4) is 0 Å². The van der Waals surface area contributed by atoms with Crippen molar-refractivity contribution in [3.63, 3.8) is 0 Å². The van der Waals surface area contributed by atoms with E-state index < -0.39 is 0 Å². The Morgan fingerprint density at radius 1 is 1.25 bits per heavy atom. The molecule has 0 aliphatic heterocycles. The molecule has 0 nitrogen and oxygen atoms in total. The topological polar surface area (TPSA) is 0 Å².